The van der Waals surface area contributed by atoms with Gasteiger partial charge in [-0.15, -0.1) is 0 Å². The summed E-state index contributed by atoms with van der Waals surface area (Å²) >= 11 is 1.17. The highest BCUT2D eigenvalue weighted by molar-refractivity contribution is 8.14. The van der Waals surface area contributed by atoms with E-state index in [9.17, 15) is 19.5 Å². The predicted octanol–water partition coefficient (Wildman–Crippen LogP) is 2.35. The Morgan fingerprint density at radius 3 is 2.50 bits per heavy atom. The van der Waals surface area contributed by atoms with Crippen molar-refractivity contribution in [2.45, 2.75) is 31.7 Å². The van der Waals surface area contributed by atoms with Gasteiger partial charge < -0.3 is 29.1 Å². The summed E-state index contributed by atoms with van der Waals surface area (Å²) in [5.74, 6) is 0.0860. The highest BCUT2D eigenvalue weighted by Crippen LogP contribution is 2.45. The summed E-state index contributed by atoms with van der Waals surface area (Å²) in [5.41, 5.74) is -0.452. The molecule has 3 rings (SSSR count). The number of methoxy groups -OCH3 is 3. The van der Waals surface area contributed by atoms with Gasteiger partial charge in [-0.25, -0.2) is 4.79 Å². The smallest absolute Gasteiger partial charge is 0.343 e. The van der Waals surface area contributed by atoms with Crippen LogP contribution in [-0.4, -0.2) is 49.3 Å². The van der Waals surface area contributed by atoms with E-state index in [0.29, 0.717) is 23.5 Å². The second-order valence-corrected chi connectivity index (χ2v) is 8.30. The number of hydrogen-bond acceptors (Lipinski definition) is 9. The van der Waals surface area contributed by atoms with Crippen LogP contribution < -0.4 is 25.2 Å². The van der Waals surface area contributed by atoms with E-state index in [0.717, 1.165) is 0 Å². The molecule has 0 radical (unpaired) electrons. The van der Waals surface area contributed by atoms with Crippen molar-refractivity contribution in [1.82, 2.24) is 5.32 Å². The van der Waals surface area contributed by atoms with Crippen LogP contribution in [0.5, 0.6) is 23.0 Å². The third kappa shape index (κ3) is 4.69. The quantitative estimate of drug-likeness (QED) is 0.607. The molecule has 0 saturated carbocycles. The maximum atomic E-state index is 12.9. The Balaban J connectivity index is 2.11. The topological polar surface area (TPSA) is 124 Å². The molecule has 1 aromatic heterocycles. The van der Waals surface area contributed by atoms with E-state index < -0.39 is 23.5 Å². The maximum Gasteiger partial charge on any atom is 0.343 e. The van der Waals surface area contributed by atoms with Gasteiger partial charge >= 0.3 is 5.63 Å². The molecular weight excluding hydrogens is 438 g/mol. The van der Waals surface area contributed by atoms with Crippen LogP contribution in [0.2, 0.25) is 0 Å². The Morgan fingerprint density at radius 1 is 1.22 bits per heavy atom. The first-order chi connectivity index (χ1) is 15.3. The number of ether oxygens (including phenoxy) is 3. The van der Waals surface area contributed by atoms with Crippen molar-refractivity contribution in [2.24, 2.45) is 0 Å². The van der Waals surface area contributed by atoms with Crippen LogP contribution in [0.4, 0.5) is 0 Å². The SMILES string of the molecule is COc1ccc([C@@H](CC(=O)N[C@@H]2CCSC2=O)c2c(O)cc(C)oc2=O)c(OC)c1OC. The van der Waals surface area contributed by atoms with Gasteiger partial charge in [0, 0.05) is 29.7 Å². The Kier molecular flexibility index (Phi) is 7.34. The normalized spacial score (nSPS) is 16.5. The number of carbonyl (C=O) groups is 2. The molecule has 0 bridgehead atoms. The van der Waals surface area contributed by atoms with Crippen LogP contribution in [0.3, 0.4) is 0 Å². The standard InChI is InChI=1S/C22H25NO8S/c1-11-9-15(24)18(21(26)31-11)13(10-17(25)23-14-7-8-32-22(14)27)12-5-6-16(28-2)20(30-4)19(12)29-3/h5-6,9,13-14,24H,7-8,10H2,1-4H3,(H,23,25)/t13-,14-/m1/s1. The Hall–Kier alpha value is -3.14. The molecule has 2 aromatic rings. The van der Waals surface area contributed by atoms with Gasteiger partial charge in [-0.05, 0) is 19.4 Å². The van der Waals surface area contributed by atoms with Crippen molar-refractivity contribution in [1.29, 1.82) is 0 Å². The van der Waals surface area contributed by atoms with Crippen LogP contribution in [0.25, 0.3) is 0 Å². The fraction of sp³-hybridized carbons (Fsp3) is 0.409. The molecule has 2 N–H and O–H groups in total. The lowest BCUT2D eigenvalue weighted by Crippen LogP contribution is -2.38. The molecule has 1 aliphatic rings. The molecule has 9 nitrogen and oxygen atoms in total. The molecule has 1 fully saturated rings. The van der Waals surface area contributed by atoms with E-state index in [1.165, 1.54) is 46.1 Å². The first-order valence-electron chi connectivity index (χ1n) is 9.89. The number of thioether (sulfide) groups is 1. The zero-order valence-electron chi connectivity index (χ0n) is 18.2. The molecule has 10 heteroatoms. The second kappa shape index (κ2) is 9.99. The molecule has 172 valence electrons. The van der Waals surface area contributed by atoms with Crippen molar-refractivity contribution >= 4 is 22.8 Å². The highest BCUT2D eigenvalue weighted by Gasteiger charge is 2.33. The van der Waals surface area contributed by atoms with E-state index in [1.54, 1.807) is 12.1 Å². The van der Waals surface area contributed by atoms with Gasteiger partial charge in [-0.2, -0.15) is 0 Å². The fourth-order valence-corrected chi connectivity index (χ4v) is 4.69. The second-order valence-electron chi connectivity index (χ2n) is 7.20. The summed E-state index contributed by atoms with van der Waals surface area (Å²) in [6.45, 7) is 1.53. The summed E-state index contributed by atoms with van der Waals surface area (Å²) in [6.07, 6.45) is 0.305. The van der Waals surface area contributed by atoms with Crippen molar-refractivity contribution in [3.63, 3.8) is 0 Å². The van der Waals surface area contributed by atoms with E-state index in [4.69, 9.17) is 18.6 Å². The number of amides is 1. The third-order valence-electron chi connectivity index (χ3n) is 5.21. The lowest BCUT2D eigenvalue weighted by atomic mass is 9.87. The predicted molar refractivity (Wildman–Crippen MR) is 118 cm³/mol. The Bertz CT molecular complexity index is 1080. The van der Waals surface area contributed by atoms with Gasteiger partial charge in [0.25, 0.3) is 0 Å². The summed E-state index contributed by atoms with van der Waals surface area (Å²) in [7, 11) is 4.33. The minimum atomic E-state index is -0.939. The molecule has 1 aromatic carbocycles. The van der Waals surface area contributed by atoms with Crippen LogP contribution in [0.1, 0.15) is 35.6 Å². The minimum absolute atomic E-state index is 0.0941. The number of aromatic hydroxyl groups is 1. The van der Waals surface area contributed by atoms with Gasteiger partial charge in [0.1, 0.15) is 11.5 Å². The molecule has 2 heterocycles. The average molecular weight is 464 g/mol. The van der Waals surface area contributed by atoms with Gasteiger partial charge in [-0.1, -0.05) is 17.8 Å². The zero-order valence-corrected chi connectivity index (χ0v) is 19.0. The number of benzene rings is 1. The van der Waals surface area contributed by atoms with E-state index in [1.807, 2.05) is 0 Å². The van der Waals surface area contributed by atoms with Gasteiger partial charge in [0.05, 0.1) is 32.9 Å². The lowest BCUT2D eigenvalue weighted by Gasteiger charge is -2.23. The monoisotopic (exact) mass is 463 g/mol. The average Bonchev–Trinajstić information content (AvgIpc) is 3.15. The fourth-order valence-electron chi connectivity index (χ4n) is 3.76. The minimum Gasteiger partial charge on any atom is -0.507 e. The van der Waals surface area contributed by atoms with Gasteiger partial charge in [0.2, 0.25) is 16.8 Å². The van der Waals surface area contributed by atoms with Crippen molar-refractivity contribution in [2.75, 3.05) is 27.1 Å². The number of hydrogen-bond donors (Lipinski definition) is 2. The molecule has 1 aliphatic heterocycles. The molecule has 1 saturated heterocycles. The van der Waals surface area contributed by atoms with E-state index in [-0.39, 0.29) is 40.1 Å². The third-order valence-corrected chi connectivity index (χ3v) is 6.22. The number of carbonyl (C=O) groups excluding carboxylic acids is 2. The Morgan fingerprint density at radius 2 is 1.94 bits per heavy atom. The number of rotatable bonds is 8. The van der Waals surface area contributed by atoms with E-state index in [2.05, 4.69) is 5.32 Å². The molecular formula is C22H25NO8S. The van der Waals surface area contributed by atoms with Gasteiger partial charge in [-0.3, -0.25) is 9.59 Å². The molecule has 0 unspecified atom stereocenters. The molecule has 2 atom stereocenters. The highest BCUT2D eigenvalue weighted by atomic mass is 32.2. The summed E-state index contributed by atoms with van der Waals surface area (Å²) in [4.78, 5) is 37.5. The van der Waals surface area contributed by atoms with Crippen LogP contribution in [0.15, 0.2) is 27.4 Å². The summed E-state index contributed by atoms with van der Waals surface area (Å²) in [6, 6.07) is 3.98. The van der Waals surface area contributed by atoms with Crippen LogP contribution >= 0.6 is 11.8 Å². The number of nitrogens with one attached hydrogen (secondary N) is 1. The summed E-state index contributed by atoms with van der Waals surface area (Å²) < 4.78 is 21.5. The summed E-state index contributed by atoms with van der Waals surface area (Å²) in [5, 5.41) is 13.2. The molecule has 32 heavy (non-hydrogen) atoms. The number of aryl methyl sites for hydroxylation is 1. The molecule has 0 aliphatic carbocycles. The van der Waals surface area contributed by atoms with Gasteiger partial charge in [0.15, 0.2) is 11.5 Å². The van der Waals surface area contributed by atoms with Crippen molar-refractivity contribution in [3.05, 3.63) is 45.5 Å². The Labute approximate surface area is 189 Å². The first-order valence-corrected chi connectivity index (χ1v) is 10.9. The van der Waals surface area contributed by atoms with E-state index >= 15 is 0 Å². The maximum absolute atomic E-state index is 12.9. The largest absolute Gasteiger partial charge is 0.507 e. The van der Waals surface area contributed by atoms with Crippen LogP contribution in [-0.2, 0) is 9.59 Å². The van der Waals surface area contributed by atoms with Crippen LogP contribution in [0, 0.1) is 6.92 Å². The van der Waals surface area contributed by atoms with Crippen molar-refractivity contribution < 1.29 is 33.3 Å². The lowest BCUT2D eigenvalue weighted by molar-refractivity contribution is -0.124. The zero-order chi connectivity index (χ0) is 23.4. The molecule has 1 amide bonds. The first kappa shape index (κ1) is 23.5. The molecule has 0 spiro atoms. The van der Waals surface area contributed by atoms with Crippen molar-refractivity contribution in [3.8, 4) is 23.0 Å².